The number of rotatable bonds is 3. The molecular weight excluding hydrogens is 160 g/mol. The Morgan fingerprint density at radius 2 is 2.50 bits per heavy atom. The molecule has 0 amide bonds. The first kappa shape index (κ1) is 8.77. The van der Waals surface area contributed by atoms with Gasteiger partial charge in [0.25, 0.3) is 6.29 Å². The number of carbonyl (C=O) groups excluding carboxylic acids is 2. The molecule has 1 unspecified atom stereocenters. The molecule has 0 spiro atoms. The second-order valence-electron chi connectivity index (χ2n) is 2.40. The molecule has 1 rings (SSSR count). The van der Waals surface area contributed by atoms with Gasteiger partial charge in [-0.1, -0.05) is 6.92 Å². The molecule has 0 radical (unpaired) electrons. The van der Waals surface area contributed by atoms with E-state index in [0.717, 1.165) is 6.42 Å². The second-order valence-corrected chi connectivity index (χ2v) is 2.40. The van der Waals surface area contributed by atoms with Crippen molar-refractivity contribution < 1.29 is 19.1 Å². The Balaban J connectivity index is 2.28. The van der Waals surface area contributed by atoms with E-state index in [1.807, 2.05) is 6.92 Å². The van der Waals surface area contributed by atoms with Gasteiger partial charge in [-0.05, 0) is 6.42 Å². The lowest BCUT2D eigenvalue weighted by Crippen LogP contribution is -2.17. The highest BCUT2D eigenvalue weighted by molar-refractivity contribution is 5.84. The van der Waals surface area contributed by atoms with Crippen LogP contribution in [-0.2, 0) is 19.1 Å². The van der Waals surface area contributed by atoms with Gasteiger partial charge in [-0.3, -0.25) is 4.79 Å². The third-order valence-corrected chi connectivity index (χ3v) is 1.32. The number of esters is 2. The largest absolute Gasteiger partial charge is 0.421 e. The highest BCUT2D eigenvalue weighted by atomic mass is 16.7. The van der Waals surface area contributed by atoms with E-state index in [0.29, 0.717) is 6.42 Å². The molecule has 1 aliphatic heterocycles. The van der Waals surface area contributed by atoms with E-state index in [-0.39, 0.29) is 5.97 Å². The van der Waals surface area contributed by atoms with Crippen LogP contribution in [0, 0.1) is 0 Å². The molecule has 0 aromatic heterocycles. The summed E-state index contributed by atoms with van der Waals surface area (Å²) in [5.74, 6) is -0.814. The van der Waals surface area contributed by atoms with Gasteiger partial charge in [0.2, 0.25) is 0 Å². The minimum Gasteiger partial charge on any atom is -0.421 e. The SMILES string of the molecule is CCCC(=O)OC1C=CC(=O)O1. The standard InChI is InChI=1S/C8H10O4/c1-2-3-6(9)11-8-5-4-7(10)12-8/h4-5,8H,2-3H2,1H3. The zero-order chi connectivity index (χ0) is 8.97. The van der Waals surface area contributed by atoms with E-state index in [9.17, 15) is 9.59 Å². The molecule has 4 nitrogen and oxygen atoms in total. The van der Waals surface area contributed by atoms with Crippen LogP contribution in [0.1, 0.15) is 19.8 Å². The molecule has 1 heterocycles. The lowest BCUT2D eigenvalue weighted by Gasteiger charge is -2.08. The molecule has 0 aliphatic carbocycles. The van der Waals surface area contributed by atoms with Crippen molar-refractivity contribution in [3.8, 4) is 0 Å². The van der Waals surface area contributed by atoms with Crippen LogP contribution < -0.4 is 0 Å². The maximum Gasteiger partial charge on any atom is 0.334 e. The zero-order valence-electron chi connectivity index (χ0n) is 6.78. The molecule has 66 valence electrons. The maximum absolute atomic E-state index is 10.9. The molecule has 1 aliphatic rings. The van der Waals surface area contributed by atoms with Gasteiger partial charge in [0, 0.05) is 18.6 Å². The van der Waals surface area contributed by atoms with E-state index in [2.05, 4.69) is 4.74 Å². The van der Waals surface area contributed by atoms with Gasteiger partial charge in [-0.15, -0.1) is 0 Å². The molecule has 0 aromatic rings. The van der Waals surface area contributed by atoms with Crippen molar-refractivity contribution in [3.63, 3.8) is 0 Å². The smallest absolute Gasteiger partial charge is 0.334 e. The van der Waals surface area contributed by atoms with Gasteiger partial charge < -0.3 is 9.47 Å². The summed E-state index contributed by atoms with van der Waals surface area (Å²) in [5, 5.41) is 0. The Kier molecular flexibility index (Phi) is 2.85. The van der Waals surface area contributed by atoms with Crippen LogP contribution >= 0.6 is 0 Å². The van der Waals surface area contributed by atoms with Crippen molar-refractivity contribution in [2.45, 2.75) is 26.1 Å². The van der Waals surface area contributed by atoms with Crippen LogP contribution in [0.3, 0.4) is 0 Å². The summed E-state index contributed by atoms with van der Waals surface area (Å²) < 4.78 is 9.34. The summed E-state index contributed by atoms with van der Waals surface area (Å²) in [7, 11) is 0. The summed E-state index contributed by atoms with van der Waals surface area (Å²) in [5.41, 5.74) is 0. The van der Waals surface area contributed by atoms with Crippen LogP contribution in [0.5, 0.6) is 0 Å². The fraction of sp³-hybridized carbons (Fsp3) is 0.500. The van der Waals surface area contributed by atoms with Gasteiger partial charge >= 0.3 is 11.9 Å². The Morgan fingerprint density at radius 3 is 3.00 bits per heavy atom. The first-order chi connectivity index (χ1) is 5.72. The number of ether oxygens (including phenoxy) is 2. The fourth-order valence-corrected chi connectivity index (χ4v) is 0.806. The average molecular weight is 170 g/mol. The topological polar surface area (TPSA) is 52.6 Å². The highest BCUT2D eigenvalue weighted by Gasteiger charge is 2.19. The maximum atomic E-state index is 10.9. The molecule has 0 aromatic carbocycles. The van der Waals surface area contributed by atoms with Crippen molar-refractivity contribution >= 4 is 11.9 Å². The number of hydrogen-bond acceptors (Lipinski definition) is 4. The molecule has 0 saturated carbocycles. The van der Waals surface area contributed by atoms with Gasteiger partial charge in [0.15, 0.2) is 0 Å². The third-order valence-electron chi connectivity index (χ3n) is 1.32. The first-order valence-electron chi connectivity index (χ1n) is 3.80. The van der Waals surface area contributed by atoms with Crippen LogP contribution in [0.25, 0.3) is 0 Å². The molecule has 12 heavy (non-hydrogen) atoms. The molecular formula is C8H10O4. The van der Waals surface area contributed by atoms with Crippen LogP contribution in [0.15, 0.2) is 12.2 Å². The Labute approximate surface area is 70.1 Å². The van der Waals surface area contributed by atoms with Gasteiger partial charge in [-0.25, -0.2) is 4.79 Å². The number of carbonyl (C=O) groups is 2. The lowest BCUT2D eigenvalue weighted by molar-refractivity contribution is -0.172. The normalized spacial score (nSPS) is 20.8. The average Bonchev–Trinajstić information content (AvgIpc) is 2.36. The fourth-order valence-electron chi connectivity index (χ4n) is 0.806. The quantitative estimate of drug-likeness (QED) is 0.587. The van der Waals surface area contributed by atoms with Gasteiger partial charge in [-0.2, -0.15) is 0 Å². The minimum absolute atomic E-state index is 0.346. The van der Waals surface area contributed by atoms with Gasteiger partial charge in [0.1, 0.15) is 0 Å². The summed E-state index contributed by atoms with van der Waals surface area (Å²) in [6, 6.07) is 0. The third kappa shape index (κ3) is 2.38. The zero-order valence-corrected chi connectivity index (χ0v) is 6.78. The van der Waals surface area contributed by atoms with Crippen molar-refractivity contribution in [3.05, 3.63) is 12.2 Å². The van der Waals surface area contributed by atoms with Crippen molar-refractivity contribution in [1.82, 2.24) is 0 Å². The molecule has 0 fully saturated rings. The van der Waals surface area contributed by atoms with E-state index < -0.39 is 12.3 Å². The molecule has 0 saturated heterocycles. The summed E-state index contributed by atoms with van der Waals surface area (Å²) >= 11 is 0. The predicted molar refractivity (Wildman–Crippen MR) is 40.0 cm³/mol. The van der Waals surface area contributed by atoms with Crippen LogP contribution in [0.2, 0.25) is 0 Å². The van der Waals surface area contributed by atoms with Crippen molar-refractivity contribution in [1.29, 1.82) is 0 Å². The second kappa shape index (κ2) is 3.90. The van der Waals surface area contributed by atoms with Crippen molar-refractivity contribution in [2.24, 2.45) is 0 Å². The van der Waals surface area contributed by atoms with E-state index in [1.54, 1.807) is 0 Å². The highest BCUT2D eigenvalue weighted by Crippen LogP contribution is 2.07. The molecule has 0 N–H and O–H groups in total. The Morgan fingerprint density at radius 1 is 1.75 bits per heavy atom. The predicted octanol–water partition coefficient (Wildman–Crippen LogP) is 0.769. The Bertz CT molecular complexity index is 219. The number of hydrogen-bond donors (Lipinski definition) is 0. The lowest BCUT2D eigenvalue weighted by atomic mass is 10.3. The van der Waals surface area contributed by atoms with E-state index in [4.69, 9.17) is 4.74 Å². The van der Waals surface area contributed by atoms with Crippen LogP contribution in [-0.4, -0.2) is 18.2 Å². The Hall–Kier alpha value is -1.32. The van der Waals surface area contributed by atoms with E-state index in [1.165, 1.54) is 12.2 Å². The van der Waals surface area contributed by atoms with Crippen molar-refractivity contribution in [2.75, 3.05) is 0 Å². The van der Waals surface area contributed by atoms with Crippen LogP contribution in [0.4, 0.5) is 0 Å². The number of cyclic esters (lactones) is 1. The van der Waals surface area contributed by atoms with E-state index >= 15 is 0 Å². The van der Waals surface area contributed by atoms with Gasteiger partial charge in [0.05, 0.1) is 0 Å². The summed E-state index contributed by atoms with van der Waals surface area (Å²) in [6.45, 7) is 1.87. The summed E-state index contributed by atoms with van der Waals surface area (Å²) in [6.07, 6.45) is 2.92. The first-order valence-corrected chi connectivity index (χ1v) is 3.80. The monoisotopic (exact) mass is 170 g/mol. The molecule has 0 bridgehead atoms. The summed E-state index contributed by atoms with van der Waals surface area (Å²) in [4.78, 5) is 21.4. The molecule has 1 atom stereocenters. The molecule has 4 heteroatoms. The minimum atomic E-state index is -0.809.